The number of carbonyl (C=O) groups excluding carboxylic acids is 1. The average molecular weight is 327 g/mol. The lowest BCUT2D eigenvalue weighted by molar-refractivity contribution is -0.123. The van der Waals surface area contributed by atoms with Crippen molar-refractivity contribution < 1.29 is 4.79 Å². The normalized spacial score (nSPS) is 25.8. The molecule has 0 aromatic heterocycles. The summed E-state index contributed by atoms with van der Waals surface area (Å²) >= 11 is 0. The zero-order chi connectivity index (χ0) is 16.4. The Morgan fingerprint density at radius 1 is 1.17 bits per heavy atom. The molecule has 1 spiro atoms. The molecule has 1 atom stereocenters. The van der Waals surface area contributed by atoms with Gasteiger partial charge in [-0.2, -0.15) is 0 Å². The van der Waals surface area contributed by atoms with E-state index in [0.717, 1.165) is 38.9 Å². The van der Waals surface area contributed by atoms with Crippen LogP contribution in [0, 0.1) is 11.3 Å². The molecule has 2 N–H and O–H groups in total. The first kappa shape index (κ1) is 16.1. The van der Waals surface area contributed by atoms with Crippen molar-refractivity contribution in [1.29, 1.82) is 0 Å². The summed E-state index contributed by atoms with van der Waals surface area (Å²) in [5.41, 5.74) is 2.97. The van der Waals surface area contributed by atoms with Crippen molar-refractivity contribution in [2.45, 2.75) is 45.2 Å². The van der Waals surface area contributed by atoms with E-state index in [1.54, 1.807) is 0 Å². The molecule has 4 rings (SSSR count). The van der Waals surface area contributed by atoms with Crippen LogP contribution in [0.1, 0.15) is 43.2 Å². The van der Waals surface area contributed by atoms with Crippen LogP contribution in [-0.4, -0.2) is 37.0 Å². The summed E-state index contributed by atoms with van der Waals surface area (Å²) in [7, 11) is 0. The number of nitrogens with zero attached hydrogens (tertiary/aromatic N) is 1. The molecule has 3 aliphatic rings. The van der Waals surface area contributed by atoms with Gasteiger partial charge in [-0.05, 0) is 74.8 Å². The molecule has 1 aromatic carbocycles. The van der Waals surface area contributed by atoms with Crippen LogP contribution in [0.3, 0.4) is 0 Å². The maximum absolute atomic E-state index is 12.6. The number of likely N-dealkylation sites (tertiary alicyclic amines) is 1. The number of hydrogen-bond acceptors (Lipinski definition) is 3. The fourth-order valence-electron chi connectivity index (χ4n) is 4.57. The highest BCUT2D eigenvalue weighted by Crippen LogP contribution is 2.58. The fraction of sp³-hybridized carbons (Fsp3) is 0.650. The third kappa shape index (κ3) is 3.35. The zero-order valence-electron chi connectivity index (χ0n) is 14.5. The van der Waals surface area contributed by atoms with Gasteiger partial charge in [-0.15, -0.1) is 0 Å². The summed E-state index contributed by atoms with van der Waals surface area (Å²) in [5.74, 6) is 0.526. The molecule has 2 saturated heterocycles. The third-order valence-corrected chi connectivity index (χ3v) is 6.27. The number of amides is 1. The lowest BCUT2D eigenvalue weighted by atomic mass is 9.92. The van der Waals surface area contributed by atoms with E-state index in [4.69, 9.17) is 0 Å². The number of hydrogen-bond donors (Lipinski definition) is 2. The number of nitrogens with one attached hydrogen (secondary N) is 2. The minimum absolute atomic E-state index is 0.255. The van der Waals surface area contributed by atoms with Crippen molar-refractivity contribution in [2.24, 2.45) is 11.3 Å². The molecule has 1 saturated carbocycles. The first-order chi connectivity index (χ1) is 11.8. The van der Waals surface area contributed by atoms with Crippen molar-refractivity contribution in [3.63, 3.8) is 0 Å². The molecule has 0 bridgehead atoms. The van der Waals surface area contributed by atoms with Gasteiger partial charge < -0.3 is 10.6 Å². The van der Waals surface area contributed by atoms with Crippen LogP contribution in [0.15, 0.2) is 24.3 Å². The molecule has 0 radical (unpaired) electrons. The van der Waals surface area contributed by atoms with Gasteiger partial charge in [-0.1, -0.05) is 24.3 Å². The van der Waals surface area contributed by atoms with E-state index in [-0.39, 0.29) is 11.8 Å². The van der Waals surface area contributed by atoms with Gasteiger partial charge in [0.1, 0.15) is 0 Å². The molecule has 1 unspecified atom stereocenters. The molecule has 4 nitrogen and oxygen atoms in total. The van der Waals surface area contributed by atoms with Gasteiger partial charge in [0.2, 0.25) is 5.91 Å². The first-order valence-electron chi connectivity index (χ1n) is 9.54. The minimum Gasteiger partial charge on any atom is -0.352 e. The number of benzene rings is 1. The second-order valence-electron chi connectivity index (χ2n) is 7.84. The van der Waals surface area contributed by atoms with E-state index in [1.807, 2.05) is 0 Å². The Labute approximate surface area is 145 Å². The van der Waals surface area contributed by atoms with Gasteiger partial charge >= 0.3 is 0 Å². The Bertz CT molecular complexity index is 588. The highest BCUT2D eigenvalue weighted by molar-refractivity contribution is 5.82. The molecule has 1 aliphatic carbocycles. The van der Waals surface area contributed by atoms with E-state index in [2.05, 4.69) is 39.8 Å². The van der Waals surface area contributed by atoms with Crippen LogP contribution in [0.4, 0.5) is 0 Å². The van der Waals surface area contributed by atoms with Crippen molar-refractivity contribution in [3.05, 3.63) is 35.4 Å². The summed E-state index contributed by atoms with van der Waals surface area (Å²) in [6, 6.07) is 8.58. The minimum atomic E-state index is 0.255. The van der Waals surface area contributed by atoms with Crippen LogP contribution < -0.4 is 10.6 Å². The highest BCUT2D eigenvalue weighted by Gasteiger charge is 2.57. The number of carbonyl (C=O) groups is 1. The Hall–Kier alpha value is -1.39. The second-order valence-corrected chi connectivity index (χ2v) is 7.84. The summed E-state index contributed by atoms with van der Waals surface area (Å²) in [5, 5.41) is 6.62. The first-order valence-corrected chi connectivity index (χ1v) is 9.54. The molecule has 130 valence electrons. The number of rotatable bonds is 5. The van der Waals surface area contributed by atoms with Gasteiger partial charge in [0, 0.05) is 19.0 Å². The van der Waals surface area contributed by atoms with Crippen molar-refractivity contribution in [3.8, 4) is 0 Å². The Morgan fingerprint density at radius 3 is 2.62 bits per heavy atom. The van der Waals surface area contributed by atoms with E-state index >= 15 is 0 Å². The molecule has 2 heterocycles. The van der Waals surface area contributed by atoms with Crippen molar-refractivity contribution in [2.75, 3.05) is 26.2 Å². The Balaban J connectivity index is 1.33. The van der Waals surface area contributed by atoms with Gasteiger partial charge in [0.05, 0.1) is 0 Å². The van der Waals surface area contributed by atoms with Crippen LogP contribution in [0.2, 0.25) is 0 Å². The smallest absolute Gasteiger partial charge is 0.223 e. The third-order valence-electron chi connectivity index (χ3n) is 6.27. The van der Waals surface area contributed by atoms with E-state index < -0.39 is 0 Å². The lowest BCUT2D eigenvalue weighted by Gasteiger charge is -2.23. The van der Waals surface area contributed by atoms with Crippen LogP contribution in [0.25, 0.3) is 0 Å². The van der Waals surface area contributed by atoms with E-state index in [1.165, 1.54) is 37.1 Å². The van der Waals surface area contributed by atoms with Crippen LogP contribution >= 0.6 is 0 Å². The zero-order valence-corrected chi connectivity index (χ0v) is 14.5. The van der Waals surface area contributed by atoms with Crippen molar-refractivity contribution in [1.82, 2.24) is 15.5 Å². The predicted molar refractivity (Wildman–Crippen MR) is 95.4 cm³/mol. The van der Waals surface area contributed by atoms with Crippen LogP contribution in [0.5, 0.6) is 0 Å². The molecule has 2 aliphatic heterocycles. The molecular formula is C20H29N3O. The number of piperidine rings is 1. The van der Waals surface area contributed by atoms with Gasteiger partial charge in [0.15, 0.2) is 0 Å². The lowest BCUT2D eigenvalue weighted by Crippen LogP contribution is -2.33. The largest absolute Gasteiger partial charge is 0.352 e. The van der Waals surface area contributed by atoms with Gasteiger partial charge in [0.25, 0.3) is 0 Å². The molecular weight excluding hydrogens is 298 g/mol. The van der Waals surface area contributed by atoms with Gasteiger partial charge in [-0.3, -0.25) is 9.69 Å². The van der Waals surface area contributed by atoms with Crippen molar-refractivity contribution >= 4 is 5.91 Å². The van der Waals surface area contributed by atoms with Crippen LogP contribution in [-0.2, 0) is 17.9 Å². The average Bonchev–Trinajstić information content (AvgIpc) is 3.05. The summed E-state index contributed by atoms with van der Waals surface area (Å²) in [6.45, 7) is 6.25. The standard InChI is InChI=1S/C20H29N3O/c24-19(18-13-20(18)7-9-21-10-8-20)22-14-16-5-1-2-6-17(16)15-23-11-3-4-12-23/h1-2,5-6,18,21H,3-4,7-15H2,(H,22,24). The topological polar surface area (TPSA) is 44.4 Å². The SMILES string of the molecule is O=C(NCc1ccccc1CN1CCCC1)C1CC12CCNCC2. The molecule has 1 aromatic rings. The molecule has 4 heteroatoms. The molecule has 3 fully saturated rings. The molecule has 24 heavy (non-hydrogen) atoms. The van der Waals surface area contributed by atoms with E-state index in [0.29, 0.717) is 12.0 Å². The Morgan fingerprint density at radius 2 is 1.88 bits per heavy atom. The second kappa shape index (κ2) is 6.85. The maximum Gasteiger partial charge on any atom is 0.223 e. The summed E-state index contributed by atoms with van der Waals surface area (Å²) in [6.07, 6.45) is 6.05. The maximum atomic E-state index is 12.6. The fourth-order valence-corrected chi connectivity index (χ4v) is 4.57. The Kier molecular flexibility index (Phi) is 4.59. The highest BCUT2D eigenvalue weighted by atomic mass is 16.2. The predicted octanol–water partition coefficient (Wildman–Crippen LogP) is 2.29. The molecule has 1 amide bonds. The quantitative estimate of drug-likeness (QED) is 0.872. The monoisotopic (exact) mass is 327 g/mol. The van der Waals surface area contributed by atoms with Gasteiger partial charge in [-0.25, -0.2) is 0 Å². The van der Waals surface area contributed by atoms with E-state index in [9.17, 15) is 4.79 Å². The summed E-state index contributed by atoms with van der Waals surface area (Å²) < 4.78 is 0. The summed E-state index contributed by atoms with van der Waals surface area (Å²) in [4.78, 5) is 15.1.